The second-order valence-corrected chi connectivity index (χ2v) is 3.44. The highest BCUT2D eigenvalue weighted by Gasteiger charge is 2.05. The van der Waals surface area contributed by atoms with Gasteiger partial charge in [0.25, 0.3) is 0 Å². The lowest BCUT2D eigenvalue weighted by Crippen LogP contribution is -2.05. The Labute approximate surface area is 89.6 Å². The molecule has 15 heavy (non-hydrogen) atoms. The number of nitrogens with zero attached hydrogens (tertiary/aromatic N) is 2. The van der Waals surface area contributed by atoms with Crippen molar-refractivity contribution in [3.05, 3.63) is 48.0 Å². The number of para-hydroxylation sites is 1. The van der Waals surface area contributed by atoms with Crippen LogP contribution < -0.4 is 5.73 Å². The average Bonchev–Trinajstić information content (AvgIpc) is 2.76. The molecule has 0 spiro atoms. The second kappa shape index (κ2) is 4.28. The number of hydrogen-bond acceptors (Lipinski definition) is 2. The molecule has 0 atom stereocenters. The van der Waals surface area contributed by atoms with Gasteiger partial charge in [-0.15, -0.1) is 0 Å². The fourth-order valence-corrected chi connectivity index (χ4v) is 1.72. The predicted octanol–water partition coefficient (Wildman–Crippen LogP) is 1.89. The third-order valence-electron chi connectivity index (χ3n) is 2.55. The van der Waals surface area contributed by atoms with Crippen LogP contribution in [0.15, 0.2) is 36.8 Å². The Hall–Kier alpha value is -1.61. The maximum Gasteiger partial charge on any atom is 0.0994 e. The van der Waals surface area contributed by atoms with Gasteiger partial charge >= 0.3 is 0 Å². The second-order valence-electron chi connectivity index (χ2n) is 3.44. The van der Waals surface area contributed by atoms with E-state index >= 15 is 0 Å². The van der Waals surface area contributed by atoms with Gasteiger partial charge in [0.05, 0.1) is 12.0 Å². The van der Waals surface area contributed by atoms with Crippen molar-refractivity contribution < 1.29 is 0 Å². The number of hydrogen-bond donors (Lipinski definition) is 1. The summed E-state index contributed by atoms with van der Waals surface area (Å²) in [6.45, 7) is 2.68. The normalized spacial score (nSPS) is 10.5. The summed E-state index contributed by atoms with van der Waals surface area (Å²) in [5.41, 5.74) is 9.20. The minimum Gasteiger partial charge on any atom is -0.326 e. The summed E-state index contributed by atoms with van der Waals surface area (Å²) in [5.74, 6) is 0. The van der Waals surface area contributed by atoms with Crippen molar-refractivity contribution in [1.29, 1.82) is 0 Å². The first-order chi connectivity index (χ1) is 7.36. The van der Waals surface area contributed by atoms with Crippen molar-refractivity contribution >= 4 is 0 Å². The Morgan fingerprint density at radius 3 is 2.87 bits per heavy atom. The molecule has 0 radical (unpaired) electrons. The summed E-state index contributed by atoms with van der Waals surface area (Å²) in [4.78, 5) is 4.17. The zero-order chi connectivity index (χ0) is 10.7. The molecule has 1 aromatic heterocycles. The molecule has 2 rings (SSSR count). The molecular weight excluding hydrogens is 186 g/mol. The summed E-state index contributed by atoms with van der Waals surface area (Å²) in [6, 6.07) is 8.15. The monoisotopic (exact) mass is 201 g/mol. The zero-order valence-corrected chi connectivity index (χ0v) is 8.85. The van der Waals surface area contributed by atoms with E-state index in [-0.39, 0.29) is 0 Å². The molecule has 0 bridgehead atoms. The Balaban J connectivity index is 2.53. The molecule has 78 valence electrons. The molecule has 0 saturated carbocycles. The van der Waals surface area contributed by atoms with Crippen LogP contribution in [-0.2, 0) is 13.0 Å². The highest BCUT2D eigenvalue weighted by atomic mass is 15.1. The van der Waals surface area contributed by atoms with E-state index in [1.54, 1.807) is 0 Å². The van der Waals surface area contributed by atoms with Gasteiger partial charge < -0.3 is 10.3 Å². The van der Waals surface area contributed by atoms with Crippen LogP contribution in [0.1, 0.15) is 18.2 Å². The van der Waals surface area contributed by atoms with Gasteiger partial charge in [-0.1, -0.05) is 25.1 Å². The van der Waals surface area contributed by atoms with Gasteiger partial charge in [-0.25, -0.2) is 4.98 Å². The molecule has 2 N–H and O–H groups in total. The van der Waals surface area contributed by atoms with Crippen LogP contribution in [0, 0.1) is 0 Å². The smallest absolute Gasteiger partial charge is 0.0994 e. The van der Waals surface area contributed by atoms with Gasteiger partial charge in [0.1, 0.15) is 0 Å². The van der Waals surface area contributed by atoms with Crippen molar-refractivity contribution in [2.75, 3.05) is 0 Å². The van der Waals surface area contributed by atoms with Gasteiger partial charge in [0.15, 0.2) is 0 Å². The van der Waals surface area contributed by atoms with Crippen molar-refractivity contribution in [2.24, 2.45) is 5.73 Å². The summed E-state index contributed by atoms with van der Waals surface area (Å²) in [6.07, 6.45) is 4.71. The van der Waals surface area contributed by atoms with Crippen molar-refractivity contribution in [1.82, 2.24) is 9.55 Å². The molecule has 0 aliphatic rings. The number of aryl methyl sites for hydroxylation is 1. The number of aromatic nitrogens is 2. The number of rotatable bonds is 3. The fourth-order valence-electron chi connectivity index (χ4n) is 1.72. The van der Waals surface area contributed by atoms with E-state index in [0.717, 1.165) is 17.7 Å². The van der Waals surface area contributed by atoms with E-state index in [9.17, 15) is 0 Å². The zero-order valence-electron chi connectivity index (χ0n) is 8.85. The lowest BCUT2D eigenvalue weighted by molar-refractivity contribution is 0.909. The molecule has 1 aromatic carbocycles. The lowest BCUT2D eigenvalue weighted by Gasteiger charge is -2.10. The number of nitrogens with two attached hydrogens (primary N) is 1. The molecule has 0 saturated heterocycles. The van der Waals surface area contributed by atoms with E-state index in [1.165, 1.54) is 5.69 Å². The molecule has 3 nitrogen and oxygen atoms in total. The Morgan fingerprint density at radius 2 is 2.13 bits per heavy atom. The molecule has 0 aliphatic heterocycles. The first kappa shape index (κ1) is 9.93. The topological polar surface area (TPSA) is 43.8 Å². The van der Waals surface area contributed by atoms with Crippen molar-refractivity contribution in [3.8, 4) is 5.69 Å². The van der Waals surface area contributed by atoms with Crippen LogP contribution >= 0.6 is 0 Å². The van der Waals surface area contributed by atoms with Gasteiger partial charge in [0.2, 0.25) is 0 Å². The minimum atomic E-state index is 0.553. The Morgan fingerprint density at radius 1 is 1.33 bits per heavy atom. The first-order valence-electron chi connectivity index (χ1n) is 5.16. The third-order valence-corrected chi connectivity index (χ3v) is 2.55. The fraction of sp³-hybridized carbons (Fsp3) is 0.250. The van der Waals surface area contributed by atoms with E-state index in [1.807, 2.05) is 24.7 Å². The first-order valence-corrected chi connectivity index (χ1v) is 5.16. The summed E-state index contributed by atoms with van der Waals surface area (Å²) in [7, 11) is 0. The Bertz CT molecular complexity index is 446. The van der Waals surface area contributed by atoms with E-state index in [2.05, 4.69) is 28.6 Å². The molecule has 3 heteroatoms. The molecule has 0 aliphatic carbocycles. The van der Waals surface area contributed by atoms with Crippen LogP contribution in [0.2, 0.25) is 0 Å². The lowest BCUT2D eigenvalue weighted by atomic mass is 10.1. The summed E-state index contributed by atoms with van der Waals surface area (Å²) >= 11 is 0. The van der Waals surface area contributed by atoms with E-state index in [4.69, 9.17) is 5.73 Å². The average molecular weight is 201 g/mol. The van der Waals surface area contributed by atoms with Gasteiger partial charge in [-0.05, 0) is 18.1 Å². The van der Waals surface area contributed by atoms with Crippen LogP contribution in [-0.4, -0.2) is 9.55 Å². The van der Waals surface area contributed by atoms with Crippen LogP contribution in [0.4, 0.5) is 0 Å². The highest BCUT2D eigenvalue weighted by molar-refractivity contribution is 5.42. The van der Waals surface area contributed by atoms with Gasteiger partial charge in [-0.3, -0.25) is 0 Å². The van der Waals surface area contributed by atoms with Crippen LogP contribution in [0.5, 0.6) is 0 Å². The van der Waals surface area contributed by atoms with Crippen LogP contribution in [0.25, 0.3) is 5.69 Å². The largest absolute Gasteiger partial charge is 0.326 e. The van der Waals surface area contributed by atoms with Crippen LogP contribution in [0.3, 0.4) is 0 Å². The van der Waals surface area contributed by atoms with Gasteiger partial charge in [0, 0.05) is 18.4 Å². The third kappa shape index (κ3) is 1.78. The standard InChI is InChI=1S/C12H15N3/c1-2-11-8-14-9-15(11)12-6-4-3-5-10(12)7-13/h3-6,8-9H,2,7,13H2,1H3. The highest BCUT2D eigenvalue weighted by Crippen LogP contribution is 2.16. The predicted molar refractivity (Wildman–Crippen MR) is 60.8 cm³/mol. The Kier molecular flexibility index (Phi) is 2.83. The molecular formula is C12H15N3. The van der Waals surface area contributed by atoms with Gasteiger partial charge in [-0.2, -0.15) is 0 Å². The SMILES string of the molecule is CCc1cncn1-c1ccccc1CN. The maximum absolute atomic E-state index is 5.71. The molecule has 0 fully saturated rings. The maximum atomic E-state index is 5.71. The molecule has 2 aromatic rings. The van der Waals surface area contributed by atoms with Crippen molar-refractivity contribution in [3.63, 3.8) is 0 Å². The quantitative estimate of drug-likeness (QED) is 0.824. The minimum absolute atomic E-state index is 0.553. The number of benzene rings is 1. The number of imidazole rings is 1. The summed E-state index contributed by atoms with van der Waals surface area (Å²) < 4.78 is 2.10. The van der Waals surface area contributed by atoms with E-state index < -0.39 is 0 Å². The summed E-state index contributed by atoms with van der Waals surface area (Å²) in [5, 5.41) is 0. The molecule has 0 amide bonds. The molecule has 0 unspecified atom stereocenters. The van der Waals surface area contributed by atoms with Crippen molar-refractivity contribution in [2.45, 2.75) is 19.9 Å². The van der Waals surface area contributed by atoms with E-state index in [0.29, 0.717) is 6.54 Å². The molecule has 1 heterocycles.